The van der Waals surface area contributed by atoms with Gasteiger partial charge >= 0.3 is 0 Å². The average Bonchev–Trinajstić information content (AvgIpc) is 3.09. The van der Waals surface area contributed by atoms with Crippen molar-refractivity contribution in [3.63, 3.8) is 0 Å². The number of ether oxygens (including phenoxy) is 1. The highest BCUT2D eigenvalue weighted by Gasteiger charge is 2.10. The fourth-order valence-electron chi connectivity index (χ4n) is 2.34. The molecule has 124 valence electrons. The standard InChI is InChI=1S/C18H20N4OS/c1-13(2)15-7-9-16(10-8-15)22-18(19-20-21-22)24-12-14-5-4-6-17(11-14)23-3/h4-11,13H,12H2,1-3H3. The molecule has 0 bridgehead atoms. The van der Waals surface area contributed by atoms with Crippen LogP contribution in [0.25, 0.3) is 5.69 Å². The minimum atomic E-state index is 0.509. The van der Waals surface area contributed by atoms with Gasteiger partial charge in [0.05, 0.1) is 12.8 Å². The van der Waals surface area contributed by atoms with Crippen molar-refractivity contribution >= 4 is 11.8 Å². The minimum absolute atomic E-state index is 0.509. The molecule has 0 aliphatic carbocycles. The number of hydrogen-bond acceptors (Lipinski definition) is 5. The van der Waals surface area contributed by atoms with Crippen molar-refractivity contribution in [2.75, 3.05) is 7.11 Å². The van der Waals surface area contributed by atoms with Crippen molar-refractivity contribution in [3.05, 3.63) is 59.7 Å². The molecule has 0 spiro atoms. The molecule has 2 aromatic carbocycles. The first kappa shape index (κ1) is 16.5. The molecule has 0 atom stereocenters. The van der Waals surface area contributed by atoms with Crippen LogP contribution >= 0.6 is 11.8 Å². The highest BCUT2D eigenvalue weighted by molar-refractivity contribution is 7.98. The van der Waals surface area contributed by atoms with Crippen molar-refractivity contribution in [3.8, 4) is 11.4 Å². The molecule has 6 heteroatoms. The molecule has 0 fully saturated rings. The third-order valence-electron chi connectivity index (χ3n) is 3.75. The largest absolute Gasteiger partial charge is 0.497 e. The molecule has 0 radical (unpaired) electrons. The van der Waals surface area contributed by atoms with Crippen LogP contribution in [0.5, 0.6) is 5.75 Å². The lowest BCUT2D eigenvalue weighted by molar-refractivity contribution is 0.414. The van der Waals surface area contributed by atoms with E-state index >= 15 is 0 Å². The summed E-state index contributed by atoms with van der Waals surface area (Å²) in [6, 6.07) is 16.4. The number of methoxy groups -OCH3 is 1. The predicted molar refractivity (Wildman–Crippen MR) is 95.8 cm³/mol. The molecule has 5 nitrogen and oxygen atoms in total. The molecule has 3 rings (SSSR count). The van der Waals surface area contributed by atoms with E-state index in [2.05, 4.69) is 59.7 Å². The zero-order valence-electron chi connectivity index (χ0n) is 14.0. The number of aromatic nitrogens is 4. The Balaban J connectivity index is 1.75. The maximum absolute atomic E-state index is 5.26. The van der Waals surface area contributed by atoms with Crippen molar-refractivity contribution in [1.29, 1.82) is 0 Å². The second kappa shape index (κ2) is 7.49. The zero-order chi connectivity index (χ0) is 16.9. The summed E-state index contributed by atoms with van der Waals surface area (Å²) in [4.78, 5) is 0. The molecule has 1 aromatic heterocycles. The van der Waals surface area contributed by atoms with E-state index in [0.29, 0.717) is 5.92 Å². The number of tetrazole rings is 1. The first-order valence-corrected chi connectivity index (χ1v) is 8.80. The fourth-order valence-corrected chi connectivity index (χ4v) is 3.18. The van der Waals surface area contributed by atoms with Crippen LogP contribution in [-0.2, 0) is 5.75 Å². The number of hydrogen-bond donors (Lipinski definition) is 0. The van der Waals surface area contributed by atoms with Gasteiger partial charge in [-0.05, 0) is 51.7 Å². The summed E-state index contributed by atoms with van der Waals surface area (Å²) < 4.78 is 7.03. The minimum Gasteiger partial charge on any atom is -0.497 e. The number of thioether (sulfide) groups is 1. The first-order valence-electron chi connectivity index (χ1n) is 7.82. The molecule has 0 aliphatic heterocycles. The smallest absolute Gasteiger partial charge is 0.214 e. The fraction of sp³-hybridized carbons (Fsp3) is 0.278. The third-order valence-corrected chi connectivity index (χ3v) is 4.74. The van der Waals surface area contributed by atoms with Crippen LogP contribution in [0.2, 0.25) is 0 Å². The van der Waals surface area contributed by atoms with Crippen molar-refractivity contribution < 1.29 is 4.74 Å². The highest BCUT2D eigenvalue weighted by atomic mass is 32.2. The normalized spacial score (nSPS) is 11.0. The Morgan fingerprint density at radius 1 is 1.12 bits per heavy atom. The van der Waals surface area contributed by atoms with E-state index in [-0.39, 0.29) is 0 Å². The van der Waals surface area contributed by atoms with Crippen LogP contribution in [0.15, 0.2) is 53.7 Å². The Morgan fingerprint density at radius 3 is 2.62 bits per heavy atom. The summed E-state index contributed by atoms with van der Waals surface area (Å²) in [5.74, 6) is 2.15. The quantitative estimate of drug-likeness (QED) is 0.633. The molecule has 0 saturated carbocycles. The molecule has 3 aromatic rings. The summed E-state index contributed by atoms with van der Waals surface area (Å²) in [5.41, 5.74) is 3.44. The van der Waals surface area contributed by atoms with Gasteiger partial charge in [0.25, 0.3) is 0 Å². The number of nitrogens with zero attached hydrogens (tertiary/aromatic N) is 4. The highest BCUT2D eigenvalue weighted by Crippen LogP contribution is 2.25. The van der Waals surface area contributed by atoms with Gasteiger partial charge in [-0.3, -0.25) is 0 Å². The van der Waals surface area contributed by atoms with E-state index in [1.54, 1.807) is 23.6 Å². The van der Waals surface area contributed by atoms with Gasteiger partial charge in [-0.2, -0.15) is 4.68 Å². The predicted octanol–water partition coefficient (Wildman–Crippen LogP) is 4.09. The van der Waals surface area contributed by atoms with Gasteiger partial charge in [-0.25, -0.2) is 0 Å². The zero-order valence-corrected chi connectivity index (χ0v) is 14.8. The topological polar surface area (TPSA) is 52.8 Å². The summed E-state index contributed by atoms with van der Waals surface area (Å²) in [6.45, 7) is 4.36. The lowest BCUT2D eigenvalue weighted by Gasteiger charge is -2.08. The van der Waals surface area contributed by atoms with Crippen LogP contribution < -0.4 is 4.74 Å². The van der Waals surface area contributed by atoms with Gasteiger partial charge in [0, 0.05) is 5.75 Å². The lowest BCUT2D eigenvalue weighted by atomic mass is 10.0. The second-order valence-electron chi connectivity index (χ2n) is 5.76. The maximum Gasteiger partial charge on any atom is 0.214 e. The Hall–Kier alpha value is -2.34. The Bertz CT molecular complexity index is 799. The average molecular weight is 340 g/mol. The summed E-state index contributed by atoms with van der Waals surface area (Å²) >= 11 is 1.60. The number of rotatable bonds is 6. The first-order chi connectivity index (χ1) is 11.7. The Labute approximate surface area is 146 Å². The molecule has 0 aliphatic rings. The molecular weight excluding hydrogens is 320 g/mol. The molecular formula is C18H20N4OS. The van der Waals surface area contributed by atoms with Crippen molar-refractivity contribution in [2.24, 2.45) is 0 Å². The Kier molecular flexibility index (Phi) is 5.15. The Morgan fingerprint density at radius 2 is 1.92 bits per heavy atom. The van der Waals surface area contributed by atoms with Crippen LogP contribution in [0.4, 0.5) is 0 Å². The SMILES string of the molecule is COc1cccc(CSc2nnnn2-c2ccc(C(C)C)cc2)c1. The van der Waals surface area contributed by atoms with E-state index in [1.165, 1.54) is 11.1 Å². The van der Waals surface area contributed by atoms with Gasteiger partial charge in [-0.15, -0.1) is 5.10 Å². The van der Waals surface area contributed by atoms with Crippen LogP contribution in [-0.4, -0.2) is 27.3 Å². The van der Waals surface area contributed by atoms with Crippen molar-refractivity contribution in [1.82, 2.24) is 20.2 Å². The van der Waals surface area contributed by atoms with Crippen LogP contribution in [0, 0.1) is 0 Å². The molecule has 0 N–H and O–H groups in total. The van der Waals surface area contributed by atoms with E-state index in [0.717, 1.165) is 22.3 Å². The maximum atomic E-state index is 5.26. The van der Waals surface area contributed by atoms with Crippen LogP contribution in [0.3, 0.4) is 0 Å². The van der Waals surface area contributed by atoms with E-state index in [9.17, 15) is 0 Å². The van der Waals surface area contributed by atoms with Crippen LogP contribution in [0.1, 0.15) is 30.9 Å². The van der Waals surface area contributed by atoms with Gasteiger partial charge in [0.2, 0.25) is 5.16 Å². The van der Waals surface area contributed by atoms with E-state index in [4.69, 9.17) is 4.74 Å². The molecule has 0 saturated heterocycles. The van der Waals surface area contributed by atoms with Gasteiger partial charge in [0.15, 0.2) is 0 Å². The second-order valence-corrected chi connectivity index (χ2v) is 6.70. The van der Waals surface area contributed by atoms with E-state index in [1.807, 2.05) is 18.2 Å². The monoisotopic (exact) mass is 340 g/mol. The molecule has 0 amide bonds. The summed E-state index contributed by atoms with van der Waals surface area (Å²) in [6.07, 6.45) is 0. The van der Waals surface area contributed by atoms with E-state index < -0.39 is 0 Å². The number of benzene rings is 2. The lowest BCUT2D eigenvalue weighted by Crippen LogP contribution is -2.00. The van der Waals surface area contributed by atoms with Gasteiger partial charge in [-0.1, -0.05) is 49.9 Å². The third kappa shape index (κ3) is 3.76. The summed E-state index contributed by atoms with van der Waals surface area (Å²) in [7, 11) is 1.67. The molecule has 24 heavy (non-hydrogen) atoms. The van der Waals surface area contributed by atoms with Gasteiger partial charge < -0.3 is 4.74 Å². The molecule has 1 heterocycles. The van der Waals surface area contributed by atoms with Gasteiger partial charge in [0.1, 0.15) is 5.75 Å². The summed E-state index contributed by atoms with van der Waals surface area (Å²) in [5, 5.41) is 12.9. The molecule has 0 unspecified atom stereocenters. The van der Waals surface area contributed by atoms with Crippen molar-refractivity contribution in [2.45, 2.75) is 30.7 Å².